The van der Waals surface area contributed by atoms with E-state index in [1.807, 2.05) is 36.4 Å². The summed E-state index contributed by atoms with van der Waals surface area (Å²) < 4.78 is 6.02. The molecule has 0 fully saturated rings. The Balaban J connectivity index is 1.65. The van der Waals surface area contributed by atoms with E-state index in [0.29, 0.717) is 31.3 Å². The lowest BCUT2D eigenvalue weighted by molar-refractivity contribution is 0.173. The molecule has 0 radical (unpaired) electrons. The van der Waals surface area contributed by atoms with Crippen molar-refractivity contribution in [3.05, 3.63) is 108 Å². The number of benzene rings is 3. The molecule has 0 aliphatic carbocycles. The highest BCUT2D eigenvalue weighted by Gasteiger charge is 2.24. The Bertz CT molecular complexity index is 1020. The summed E-state index contributed by atoms with van der Waals surface area (Å²) in [5.41, 5.74) is 4.47. The van der Waals surface area contributed by atoms with E-state index in [1.54, 1.807) is 0 Å². The molecule has 0 amide bonds. The van der Waals surface area contributed by atoms with Gasteiger partial charge in [-0.2, -0.15) is 0 Å². The number of nitrogens with zero attached hydrogens (tertiary/aromatic N) is 3. The molecule has 158 valence electrons. The fourth-order valence-electron chi connectivity index (χ4n) is 3.76. The Morgan fingerprint density at radius 2 is 1.45 bits per heavy atom. The molecule has 5 nitrogen and oxygen atoms in total. The monoisotopic (exact) mass is 413 g/mol. The topological polar surface area (TPSA) is 62.4 Å². The Morgan fingerprint density at radius 1 is 0.839 bits per heavy atom. The van der Waals surface area contributed by atoms with Crippen LogP contribution in [-0.4, -0.2) is 33.4 Å². The summed E-state index contributed by atoms with van der Waals surface area (Å²) in [6.07, 6.45) is 0.662. The molecular weight excluding hydrogens is 386 g/mol. The lowest BCUT2D eigenvalue weighted by Gasteiger charge is -2.31. The molecular formula is C26H27N3O2. The average Bonchev–Trinajstić information content (AvgIpc) is 3.28. The summed E-state index contributed by atoms with van der Waals surface area (Å²) in [5, 5.41) is 18.1. The number of aliphatic hydroxyl groups excluding tert-OH is 1. The van der Waals surface area contributed by atoms with Gasteiger partial charge < -0.3 is 9.52 Å². The molecule has 0 unspecified atom stereocenters. The van der Waals surface area contributed by atoms with Crippen LogP contribution in [-0.2, 0) is 6.54 Å². The third-order valence-corrected chi connectivity index (χ3v) is 5.30. The van der Waals surface area contributed by atoms with Crippen LogP contribution < -0.4 is 0 Å². The Kier molecular flexibility index (Phi) is 6.87. The molecule has 4 rings (SSSR count). The van der Waals surface area contributed by atoms with Gasteiger partial charge in [0.15, 0.2) is 0 Å². The third-order valence-electron chi connectivity index (χ3n) is 5.30. The summed E-state index contributed by atoms with van der Waals surface area (Å²) in [6.45, 7) is 3.38. The predicted molar refractivity (Wildman–Crippen MR) is 121 cm³/mol. The number of aliphatic hydroxyl groups is 1. The fourth-order valence-corrected chi connectivity index (χ4v) is 3.76. The van der Waals surface area contributed by atoms with Crippen molar-refractivity contribution in [3.8, 4) is 11.5 Å². The number of hydrogen-bond acceptors (Lipinski definition) is 5. The van der Waals surface area contributed by atoms with Crippen LogP contribution in [0.15, 0.2) is 89.3 Å². The highest BCUT2D eigenvalue weighted by atomic mass is 16.4. The zero-order valence-electron chi connectivity index (χ0n) is 17.7. The Labute approximate surface area is 183 Å². The van der Waals surface area contributed by atoms with E-state index >= 15 is 0 Å². The smallest absolute Gasteiger partial charge is 0.247 e. The van der Waals surface area contributed by atoms with Gasteiger partial charge in [-0.05, 0) is 36.6 Å². The van der Waals surface area contributed by atoms with Gasteiger partial charge >= 0.3 is 0 Å². The SMILES string of the molecule is Cc1ccc(-c2nnc(CN(CCCO)C(c3ccccc3)c3ccccc3)o2)cc1. The molecule has 1 N–H and O–H groups in total. The standard InChI is InChI=1S/C26H27N3O2/c1-20-13-15-23(16-14-20)26-28-27-24(31-26)19-29(17-8-18-30)25(21-9-4-2-5-10-21)22-11-6-3-7-12-22/h2-7,9-16,25,30H,8,17-19H2,1H3. The maximum Gasteiger partial charge on any atom is 0.247 e. The molecule has 0 saturated heterocycles. The van der Waals surface area contributed by atoms with Gasteiger partial charge in [0.2, 0.25) is 11.8 Å². The molecule has 0 aliphatic heterocycles. The molecule has 3 aromatic carbocycles. The van der Waals surface area contributed by atoms with E-state index in [0.717, 1.165) is 5.56 Å². The van der Waals surface area contributed by atoms with E-state index in [4.69, 9.17) is 4.42 Å². The van der Waals surface area contributed by atoms with Crippen LogP contribution in [0.25, 0.3) is 11.5 Å². The summed E-state index contributed by atoms with van der Waals surface area (Å²) in [6, 6.07) is 28.9. The minimum Gasteiger partial charge on any atom is -0.419 e. The Hall–Kier alpha value is -3.28. The minimum atomic E-state index is 0.0173. The number of aromatic nitrogens is 2. The highest BCUT2D eigenvalue weighted by molar-refractivity contribution is 5.52. The molecule has 1 heterocycles. The van der Waals surface area contributed by atoms with Gasteiger partial charge in [-0.25, -0.2) is 0 Å². The normalized spacial score (nSPS) is 11.4. The van der Waals surface area contributed by atoms with Gasteiger partial charge in [0.25, 0.3) is 0 Å². The first-order valence-electron chi connectivity index (χ1n) is 10.6. The molecule has 4 aromatic rings. The maximum atomic E-state index is 9.50. The fraction of sp³-hybridized carbons (Fsp3) is 0.231. The van der Waals surface area contributed by atoms with E-state index in [-0.39, 0.29) is 12.6 Å². The number of hydrogen-bond donors (Lipinski definition) is 1. The highest BCUT2D eigenvalue weighted by Crippen LogP contribution is 2.30. The van der Waals surface area contributed by atoms with Crippen molar-refractivity contribution in [2.24, 2.45) is 0 Å². The summed E-state index contributed by atoms with van der Waals surface area (Å²) in [4.78, 5) is 2.29. The molecule has 0 atom stereocenters. The first-order valence-corrected chi connectivity index (χ1v) is 10.6. The molecule has 0 spiro atoms. The van der Waals surface area contributed by atoms with Crippen molar-refractivity contribution in [2.45, 2.75) is 25.9 Å². The van der Waals surface area contributed by atoms with E-state index in [9.17, 15) is 5.11 Å². The van der Waals surface area contributed by atoms with Crippen LogP contribution in [0.5, 0.6) is 0 Å². The lowest BCUT2D eigenvalue weighted by Crippen LogP contribution is -2.31. The van der Waals surface area contributed by atoms with Crippen molar-refractivity contribution in [3.63, 3.8) is 0 Å². The second-order valence-electron chi connectivity index (χ2n) is 7.64. The van der Waals surface area contributed by atoms with Gasteiger partial charge in [0.05, 0.1) is 12.6 Å². The van der Waals surface area contributed by atoms with Gasteiger partial charge in [-0.1, -0.05) is 78.4 Å². The largest absolute Gasteiger partial charge is 0.419 e. The maximum absolute atomic E-state index is 9.50. The molecule has 0 bridgehead atoms. The average molecular weight is 414 g/mol. The van der Waals surface area contributed by atoms with Crippen molar-refractivity contribution in [1.29, 1.82) is 0 Å². The van der Waals surface area contributed by atoms with Crippen molar-refractivity contribution in [1.82, 2.24) is 15.1 Å². The van der Waals surface area contributed by atoms with E-state index in [1.165, 1.54) is 16.7 Å². The number of aryl methyl sites for hydroxylation is 1. The van der Waals surface area contributed by atoms with Crippen LogP contribution >= 0.6 is 0 Å². The molecule has 0 saturated carbocycles. The van der Waals surface area contributed by atoms with Gasteiger partial charge in [-0.3, -0.25) is 4.90 Å². The van der Waals surface area contributed by atoms with Crippen LogP contribution in [0, 0.1) is 6.92 Å². The molecule has 31 heavy (non-hydrogen) atoms. The molecule has 5 heteroatoms. The van der Waals surface area contributed by atoms with Gasteiger partial charge in [-0.15, -0.1) is 10.2 Å². The minimum absolute atomic E-state index is 0.0173. The third kappa shape index (κ3) is 5.26. The zero-order valence-corrected chi connectivity index (χ0v) is 17.7. The Morgan fingerprint density at radius 3 is 2.03 bits per heavy atom. The van der Waals surface area contributed by atoms with E-state index < -0.39 is 0 Å². The lowest BCUT2D eigenvalue weighted by atomic mass is 9.97. The zero-order chi connectivity index (χ0) is 21.5. The van der Waals surface area contributed by atoms with Crippen LogP contribution in [0.1, 0.15) is 35.0 Å². The summed E-state index contributed by atoms with van der Waals surface area (Å²) >= 11 is 0. The predicted octanol–water partition coefficient (Wildman–Crippen LogP) is 5.02. The molecule has 1 aromatic heterocycles. The van der Waals surface area contributed by atoms with Gasteiger partial charge in [0.1, 0.15) is 0 Å². The summed E-state index contributed by atoms with van der Waals surface area (Å²) in [5.74, 6) is 1.08. The van der Waals surface area contributed by atoms with Crippen LogP contribution in [0.2, 0.25) is 0 Å². The first-order chi connectivity index (χ1) is 15.2. The van der Waals surface area contributed by atoms with Crippen LogP contribution in [0.3, 0.4) is 0 Å². The quantitative estimate of drug-likeness (QED) is 0.417. The van der Waals surface area contributed by atoms with Gasteiger partial charge in [0, 0.05) is 18.7 Å². The first kappa shape index (κ1) is 21.0. The summed E-state index contributed by atoms with van der Waals surface area (Å²) in [7, 11) is 0. The van der Waals surface area contributed by atoms with Crippen molar-refractivity contribution >= 4 is 0 Å². The van der Waals surface area contributed by atoms with Crippen LogP contribution in [0.4, 0.5) is 0 Å². The second-order valence-corrected chi connectivity index (χ2v) is 7.64. The molecule has 0 aliphatic rings. The van der Waals surface area contributed by atoms with E-state index in [2.05, 4.69) is 70.6 Å². The van der Waals surface area contributed by atoms with Crippen molar-refractivity contribution < 1.29 is 9.52 Å². The number of rotatable bonds is 9. The van der Waals surface area contributed by atoms with Crippen molar-refractivity contribution in [2.75, 3.05) is 13.2 Å². The second kappa shape index (κ2) is 10.2.